The Hall–Kier alpha value is -0.740. The average Bonchev–Trinajstić information content (AvgIpc) is 2.30. The fourth-order valence-corrected chi connectivity index (χ4v) is 3.40. The molecule has 1 aromatic rings. The Morgan fingerprint density at radius 1 is 1.31 bits per heavy atom. The summed E-state index contributed by atoms with van der Waals surface area (Å²) in [6.07, 6.45) is 0. The summed E-state index contributed by atoms with van der Waals surface area (Å²) in [6.45, 7) is -2.84. The Balaban J connectivity index is 3.20. The van der Waals surface area contributed by atoms with Crippen molar-refractivity contribution >= 4 is 24.3 Å². The second-order valence-corrected chi connectivity index (χ2v) is 6.91. The van der Waals surface area contributed by atoms with E-state index in [-0.39, 0.29) is 0 Å². The number of hydrogen-bond acceptors (Lipinski definition) is 4. The van der Waals surface area contributed by atoms with E-state index in [1.165, 1.54) is 14.2 Å². The zero-order valence-corrected chi connectivity index (χ0v) is 10.7. The summed E-state index contributed by atoms with van der Waals surface area (Å²) in [6, 6.07) is 8.74. The molecule has 1 atom stereocenters. The topological polar surface area (TPSA) is 55.8 Å². The van der Waals surface area contributed by atoms with Gasteiger partial charge in [-0.25, -0.2) is 0 Å². The summed E-state index contributed by atoms with van der Waals surface area (Å²) in [7, 11) is 2.76. The van der Waals surface area contributed by atoms with Gasteiger partial charge in [-0.15, -0.1) is 0 Å². The molecule has 1 rings (SSSR count). The molecule has 6 heteroatoms. The molecule has 0 amide bonds. The molecule has 0 bridgehead atoms. The van der Waals surface area contributed by atoms with Crippen LogP contribution in [0.4, 0.5) is 0 Å². The zero-order valence-electron chi connectivity index (χ0n) is 8.99. The maximum absolute atomic E-state index is 11.3. The number of carboxylic acid groups (broad SMARTS) is 1. The molecule has 0 spiro atoms. The molecule has 0 aromatic heterocycles. The van der Waals surface area contributed by atoms with Crippen molar-refractivity contribution in [1.29, 1.82) is 0 Å². The standard InChI is InChI=1S/C10H13O4PS/c1-13-15(16,14-2)9(10(11)12)8-6-4-3-5-7-8/h3-7,9H,1-2H3,(H,11,12). The first-order valence-corrected chi connectivity index (χ1v) is 7.25. The van der Waals surface area contributed by atoms with Crippen molar-refractivity contribution < 1.29 is 18.9 Å². The fourth-order valence-electron chi connectivity index (χ4n) is 1.38. The highest BCUT2D eigenvalue weighted by Crippen LogP contribution is 2.60. The number of aliphatic carboxylic acids is 1. The summed E-state index contributed by atoms with van der Waals surface area (Å²) < 4.78 is 10.2. The fraction of sp³-hybridized carbons (Fsp3) is 0.300. The van der Waals surface area contributed by atoms with Gasteiger partial charge < -0.3 is 14.2 Å². The van der Waals surface area contributed by atoms with Gasteiger partial charge in [0.05, 0.1) is 0 Å². The van der Waals surface area contributed by atoms with Gasteiger partial charge in [0.25, 0.3) is 0 Å². The largest absolute Gasteiger partial charge is 0.480 e. The third kappa shape index (κ3) is 2.68. The van der Waals surface area contributed by atoms with Gasteiger partial charge in [0.15, 0.2) is 5.66 Å². The summed E-state index contributed by atoms with van der Waals surface area (Å²) >= 11 is 5.17. The minimum Gasteiger partial charge on any atom is -0.480 e. The molecule has 0 heterocycles. The van der Waals surface area contributed by atoms with Gasteiger partial charge in [-0.05, 0) is 17.4 Å². The zero-order chi connectivity index (χ0) is 12.2. The highest BCUT2D eigenvalue weighted by atomic mass is 32.5. The molecule has 0 aliphatic heterocycles. The first-order valence-electron chi connectivity index (χ1n) is 4.54. The smallest absolute Gasteiger partial charge is 0.320 e. The molecular formula is C10H13O4PS. The summed E-state index contributed by atoms with van der Waals surface area (Å²) in [5.41, 5.74) is -0.333. The van der Waals surface area contributed by atoms with Gasteiger partial charge >= 0.3 is 5.97 Å². The van der Waals surface area contributed by atoms with E-state index in [0.29, 0.717) is 5.56 Å². The van der Waals surface area contributed by atoms with E-state index in [0.717, 1.165) is 0 Å². The second-order valence-electron chi connectivity index (χ2n) is 3.06. The SMILES string of the molecule is COP(=S)(OC)C(C(=O)O)c1ccccc1. The monoisotopic (exact) mass is 260 g/mol. The van der Waals surface area contributed by atoms with Crippen LogP contribution in [0.2, 0.25) is 0 Å². The minimum atomic E-state index is -2.84. The first-order chi connectivity index (χ1) is 7.55. The van der Waals surface area contributed by atoms with Crippen molar-refractivity contribution in [2.75, 3.05) is 14.2 Å². The number of hydrogen-bond donors (Lipinski definition) is 1. The lowest BCUT2D eigenvalue weighted by Crippen LogP contribution is -2.13. The Morgan fingerprint density at radius 3 is 2.19 bits per heavy atom. The van der Waals surface area contributed by atoms with Gasteiger partial charge in [0.2, 0.25) is 6.49 Å². The predicted octanol–water partition coefficient (Wildman–Crippen LogP) is 2.41. The van der Waals surface area contributed by atoms with Crippen LogP contribution in [0.5, 0.6) is 0 Å². The molecule has 88 valence electrons. The third-order valence-electron chi connectivity index (χ3n) is 2.17. The molecule has 4 nitrogen and oxygen atoms in total. The Labute approximate surface area is 99.4 Å². The van der Waals surface area contributed by atoms with Crippen molar-refractivity contribution in [3.8, 4) is 0 Å². The van der Waals surface area contributed by atoms with Gasteiger partial charge in [0, 0.05) is 14.2 Å². The van der Waals surface area contributed by atoms with E-state index in [9.17, 15) is 9.90 Å². The maximum Gasteiger partial charge on any atom is 0.320 e. The van der Waals surface area contributed by atoms with Crippen molar-refractivity contribution in [2.45, 2.75) is 5.66 Å². The summed E-state index contributed by atoms with van der Waals surface area (Å²) in [4.78, 5) is 11.3. The van der Waals surface area contributed by atoms with Crippen molar-refractivity contribution in [1.82, 2.24) is 0 Å². The Kier molecular flexibility index (Phi) is 4.62. The van der Waals surface area contributed by atoms with Crippen LogP contribution in [0, 0.1) is 0 Å². The van der Waals surface area contributed by atoms with Crippen LogP contribution in [0.3, 0.4) is 0 Å². The lowest BCUT2D eigenvalue weighted by molar-refractivity contribution is -0.136. The van der Waals surface area contributed by atoms with Gasteiger partial charge in [0.1, 0.15) is 0 Å². The van der Waals surface area contributed by atoms with Crippen LogP contribution in [0.15, 0.2) is 30.3 Å². The van der Waals surface area contributed by atoms with Crippen molar-refractivity contribution in [2.24, 2.45) is 0 Å². The molecule has 1 unspecified atom stereocenters. The van der Waals surface area contributed by atoms with E-state index in [4.69, 9.17) is 20.9 Å². The van der Waals surface area contributed by atoms with E-state index in [1.54, 1.807) is 24.3 Å². The van der Waals surface area contributed by atoms with Gasteiger partial charge in [-0.1, -0.05) is 30.3 Å². The van der Waals surface area contributed by atoms with E-state index < -0.39 is 18.1 Å². The number of carboxylic acids is 1. The summed E-state index contributed by atoms with van der Waals surface area (Å²) in [5, 5.41) is 9.23. The number of benzene rings is 1. The second kappa shape index (κ2) is 5.55. The molecule has 0 aliphatic carbocycles. The van der Waals surface area contributed by atoms with E-state index in [1.807, 2.05) is 6.07 Å². The Morgan fingerprint density at radius 2 is 1.81 bits per heavy atom. The lowest BCUT2D eigenvalue weighted by atomic mass is 10.1. The Bertz CT molecular complexity index is 399. The first kappa shape index (κ1) is 13.3. The normalized spacial score (nSPS) is 13.4. The van der Waals surface area contributed by atoms with E-state index in [2.05, 4.69) is 0 Å². The lowest BCUT2D eigenvalue weighted by Gasteiger charge is -2.24. The van der Waals surface area contributed by atoms with Gasteiger partial charge in [-0.3, -0.25) is 4.79 Å². The molecule has 0 saturated heterocycles. The van der Waals surface area contributed by atoms with Crippen molar-refractivity contribution in [3.05, 3.63) is 35.9 Å². The molecule has 1 N–H and O–H groups in total. The number of rotatable bonds is 5. The highest BCUT2D eigenvalue weighted by molar-refractivity contribution is 8.10. The minimum absolute atomic E-state index is 0.599. The molecule has 16 heavy (non-hydrogen) atoms. The average molecular weight is 260 g/mol. The van der Waals surface area contributed by atoms with Crippen LogP contribution >= 0.6 is 6.49 Å². The van der Waals surface area contributed by atoms with Gasteiger partial charge in [-0.2, -0.15) is 0 Å². The molecule has 0 fully saturated rings. The van der Waals surface area contributed by atoms with Crippen LogP contribution in [0.25, 0.3) is 0 Å². The van der Waals surface area contributed by atoms with Crippen LogP contribution in [-0.4, -0.2) is 25.3 Å². The van der Waals surface area contributed by atoms with Crippen LogP contribution < -0.4 is 0 Å². The summed E-state index contributed by atoms with van der Waals surface area (Å²) in [5.74, 6) is -1.03. The quantitative estimate of drug-likeness (QED) is 0.824. The number of carbonyl (C=O) groups is 1. The van der Waals surface area contributed by atoms with Crippen LogP contribution in [-0.2, 0) is 25.6 Å². The molecule has 0 saturated carbocycles. The predicted molar refractivity (Wildman–Crippen MR) is 65.1 cm³/mol. The van der Waals surface area contributed by atoms with Crippen molar-refractivity contribution in [3.63, 3.8) is 0 Å². The highest BCUT2D eigenvalue weighted by Gasteiger charge is 2.36. The van der Waals surface area contributed by atoms with E-state index >= 15 is 0 Å². The maximum atomic E-state index is 11.3. The molecule has 0 radical (unpaired) electrons. The van der Waals surface area contributed by atoms with Crippen LogP contribution in [0.1, 0.15) is 11.2 Å². The molecular weight excluding hydrogens is 247 g/mol. The molecule has 1 aromatic carbocycles. The molecule has 0 aliphatic rings. The third-order valence-corrected chi connectivity index (χ3v) is 5.87.